The Morgan fingerprint density at radius 2 is 1.81 bits per heavy atom. The molecular formula is C24H24ClFN2O3. The van der Waals surface area contributed by atoms with Crippen LogP contribution in [0.5, 0.6) is 0 Å². The zero-order chi connectivity index (χ0) is 22.0. The fraction of sp³-hybridized carbons (Fsp3) is 0.333. The molecule has 0 saturated heterocycles. The number of rotatable bonds is 6. The van der Waals surface area contributed by atoms with Crippen LogP contribution in [-0.4, -0.2) is 28.1 Å². The van der Waals surface area contributed by atoms with Crippen molar-refractivity contribution < 1.29 is 19.1 Å². The number of aliphatic carboxylic acids is 1. The third-order valence-corrected chi connectivity index (χ3v) is 6.34. The number of halogens is 2. The molecule has 1 amide bonds. The Labute approximate surface area is 184 Å². The standard InChI is InChI=1S/C24H24ClFN2O3/c25-19-7-3-16(4-8-19)14-28-10-9-18-11-20(26)12-21(22(18)28)23(29)27-13-15-1-5-17(6-2-15)24(30)31/h3-4,7-12,15,17H,1-2,5-6,13-14H2,(H,27,29)(H,30,31). The maximum atomic E-state index is 14.2. The second-order valence-electron chi connectivity index (χ2n) is 8.23. The van der Waals surface area contributed by atoms with E-state index < -0.39 is 11.8 Å². The van der Waals surface area contributed by atoms with Gasteiger partial charge in [0.2, 0.25) is 0 Å². The molecule has 5 nitrogen and oxygen atoms in total. The Kier molecular flexibility index (Phi) is 6.28. The van der Waals surface area contributed by atoms with Crippen LogP contribution in [0.25, 0.3) is 10.9 Å². The molecule has 4 rings (SSSR count). The van der Waals surface area contributed by atoms with Crippen molar-refractivity contribution in [3.63, 3.8) is 0 Å². The van der Waals surface area contributed by atoms with E-state index in [2.05, 4.69) is 5.32 Å². The Balaban J connectivity index is 1.51. The van der Waals surface area contributed by atoms with Crippen LogP contribution in [0.3, 0.4) is 0 Å². The number of nitrogens with zero attached hydrogens (tertiary/aromatic N) is 1. The zero-order valence-electron chi connectivity index (χ0n) is 17.0. The molecule has 0 spiro atoms. The molecule has 0 aliphatic heterocycles. The van der Waals surface area contributed by atoms with Gasteiger partial charge in [0.05, 0.1) is 17.0 Å². The molecular weight excluding hydrogens is 419 g/mol. The highest BCUT2D eigenvalue weighted by Gasteiger charge is 2.26. The van der Waals surface area contributed by atoms with E-state index in [1.54, 1.807) is 6.07 Å². The van der Waals surface area contributed by atoms with Crippen LogP contribution in [0, 0.1) is 17.7 Å². The zero-order valence-corrected chi connectivity index (χ0v) is 17.7. The van der Waals surface area contributed by atoms with Crippen LogP contribution in [-0.2, 0) is 11.3 Å². The SMILES string of the molecule is O=C(NCC1CCC(C(=O)O)CC1)c1cc(F)cc2ccn(Cc3ccc(Cl)cc3)c12. The smallest absolute Gasteiger partial charge is 0.306 e. The number of hydrogen-bond acceptors (Lipinski definition) is 2. The van der Waals surface area contributed by atoms with Crippen LogP contribution < -0.4 is 5.32 Å². The predicted octanol–water partition coefficient (Wildman–Crippen LogP) is 5.10. The topological polar surface area (TPSA) is 71.3 Å². The lowest BCUT2D eigenvalue weighted by molar-refractivity contribution is -0.143. The summed E-state index contributed by atoms with van der Waals surface area (Å²) in [5.41, 5.74) is 2.00. The lowest BCUT2D eigenvalue weighted by Gasteiger charge is -2.26. The summed E-state index contributed by atoms with van der Waals surface area (Å²) >= 11 is 5.96. The normalized spacial score (nSPS) is 18.8. The van der Waals surface area contributed by atoms with Crippen molar-refractivity contribution in [1.82, 2.24) is 9.88 Å². The summed E-state index contributed by atoms with van der Waals surface area (Å²) in [7, 11) is 0. The van der Waals surface area contributed by atoms with Gasteiger partial charge in [-0.2, -0.15) is 0 Å². The highest BCUT2D eigenvalue weighted by molar-refractivity contribution is 6.30. The first-order chi connectivity index (χ1) is 14.9. The van der Waals surface area contributed by atoms with Crippen molar-refractivity contribution in [2.75, 3.05) is 6.54 Å². The quantitative estimate of drug-likeness (QED) is 0.557. The average molecular weight is 443 g/mol. The van der Waals surface area contributed by atoms with Gasteiger partial charge < -0.3 is 15.0 Å². The van der Waals surface area contributed by atoms with Crippen LogP contribution in [0.2, 0.25) is 5.02 Å². The maximum Gasteiger partial charge on any atom is 0.306 e. The first-order valence-electron chi connectivity index (χ1n) is 10.4. The summed E-state index contributed by atoms with van der Waals surface area (Å²) < 4.78 is 16.1. The highest BCUT2D eigenvalue weighted by atomic mass is 35.5. The molecule has 2 aromatic carbocycles. The van der Waals surface area contributed by atoms with Gasteiger partial charge in [0.1, 0.15) is 5.82 Å². The molecule has 2 N–H and O–H groups in total. The number of fused-ring (bicyclic) bond motifs is 1. The van der Waals surface area contributed by atoms with Crippen LogP contribution in [0.4, 0.5) is 4.39 Å². The van der Waals surface area contributed by atoms with E-state index in [1.165, 1.54) is 12.1 Å². The van der Waals surface area contributed by atoms with E-state index in [1.807, 2.05) is 35.0 Å². The van der Waals surface area contributed by atoms with E-state index in [4.69, 9.17) is 16.7 Å². The number of carbonyl (C=O) groups excluding carboxylic acids is 1. The van der Waals surface area contributed by atoms with Gasteiger partial charge in [0.15, 0.2) is 0 Å². The third kappa shape index (κ3) is 4.90. The second kappa shape index (κ2) is 9.10. The first-order valence-corrected chi connectivity index (χ1v) is 10.8. The van der Waals surface area contributed by atoms with Crippen LogP contribution in [0.15, 0.2) is 48.7 Å². The van der Waals surface area contributed by atoms with Crippen molar-refractivity contribution in [3.05, 3.63) is 70.6 Å². The minimum absolute atomic E-state index is 0.240. The number of benzene rings is 2. The fourth-order valence-electron chi connectivity index (χ4n) is 4.35. The van der Waals surface area contributed by atoms with Gasteiger partial charge in [0, 0.05) is 29.7 Å². The number of carboxylic acid groups (broad SMARTS) is 1. The molecule has 1 aliphatic rings. The number of hydrogen-bond donors (Lipinski definition) is 2. The summed E-state index contributed by atoms with van der Waals surface area (Å²) in [6.07, 6.45) is 4.64. The molecule has 1 heterocycles. The lowest BCUT2D eigenvalue weighted by atomic mass is 9.82. The largest absolute Gasteiger partial charge is 0.481 e. The number of amides is 1. The van der Waals surface area contributed by atoms with Crippen molar-refractivity contribution in [2.45, 2.75) is 32.2 Å². The van der Waals surface area contributed by atoms with E-state index in [0.717, 1.165) is 18.4 Å². The number of carbonyl (C=O) groups is 2. The Hall–Kier alpha value is -2.86. The van der Waals surface area contributed by atoms with Gasteiger partial charge in [-0.05, 0) is 67.5 Å². The third-order valence-electron chi connectivity index (χ3n) is 6.08. The van der Waals surface area contributed by atoms with Crippen molar-refractivity contribution in [3.8, 4) is 0 Å². The van der Waals surface area contributed by atoms with E-state index in [9.17, 15) is 14.0 Å². The minimum atomic E-state index is -0.744. The van der Waals surface area contributed by atoms with Gasteiger partial charge in [0.25, 0.3) is 5.91 Å². The highest BCUT2D eigenvalue weighted by Crippen LogP contribution is 2.29. The summed E-state index contributed by atoms with van der Waals surface area (Å²) in [5, 5.41) is 13.4. The Bertz CT molecular complexity index is 1100. The molecule has 7 heteroatoms. The van der Waals surface area contributed by atoms with Gasteiger partial charge >= 0.3 is 5.97 Å². The van der Waals surface area contributed by atoms with Gasteiger partial charge in [-0.3, -0.25) is 9.59 Å². The first kappa shape index (κ1) is 21.4. The summed E-state index contributed by atoms with van der Waals surface area (Å²) in [4.78, 5) is 24.1. The molecule has 1 aliphatic carbocycles. The molecule has 0 bridgehead atoms. The average Bonchev–Trinajstić information content (AvgIpc) is 3.15. The molecule has 3 aromatic rings. The summed E-state index contributed by atoms with van der Waals surface area (Å²) in [6, 6.07) is 12.0. The molecule has 162 valence electrons. The maximum absolute atomic E-state index is 14.2. The molecule has 1 aromatic heterocycles. The number of carboxylic acids is 1. The number of aromatic nitrogens is 1. The van der Waals surface area contributed by atoms with Crippen LogP contribution >= 0.6 is 11.6 Å². The van der Waals surface area contributed by atoms with Gasteiger partial charge in [-0.15, -0.1) is 0 Å². The molecule has 31 heavy (non-hydrogen) atoms. The van der Waals surface area contributed by atoms with E-state index in [-0.39, 0.29) is 17.7 Å². The molecule has 0 radical (unpaired) electrons. The Morgan fingerprint density at radius 1 is 1.10 bits per heavy atom. The minimum Gasteiger partial charge on any atom is -0.481 e. The summed E-state index contributed by atoms with van der Waals surface area (Å²) in [5.74, 6) is -1.56. The van der Waals surface area contributed by atoms with Gasteiger partial charge in [-0.25, -0.2) is 4.39 Å². The van der Waals surface area contributed by atoms with Crippen molar-refractivity contribution in [1.29, 1.82) is 0 Å². The lowest BCUT2D eigenvalue weighted by Crippen LogP contribution is -2.32. The fourth-order valence-corrected chi connectivity index (χ4v) is 4.48. The summed E-state index contributed by atoms with van der Waals surface area (Å²) in [6.45, 7) is 0.993. The van der Waals surface area contributed by atoms with Crippen molar-refractivity contribution >= 4 is 34.4 Å². The molecule has 0 atom stereocenters. The molecule has 0 unspecified atom stereocenters. The van der Waals surface area contributed by atoms with Gasteiger partial charge in [-0.1, -0.05) is 23.7 Å². The molecule has 1 saturated carbocycles. The van der Waals surface area contributed by atoms with Crippen molar-refractivity contribution in [2.24, 2.45) is 11.8 Å². The second-order valence-corrected chi connectivity index (χ2v) is 8.66. The van der Waals surface area contributed by atoms with E-state index in [0.29, 0.717) is 47.4 Å². The van der Waals surface area contributed by atoms with Crippen LogP contribution in [0.1, 0.15) is 41.6 Å². The number of nitrogens with one attached hydrogen (secondary N) is 1. The monoisotopic (exact) mass is 442 g/mol. The van der Waals surface area contributed by atoms with E-state index >= 15 is 0 Å². The Morgan fingerprint density at radius 3 is 2.48 bits per heavy atom. The predicted molar refractivity (Wildman–Crippen MR) is 118 cm³/mol. The molecule has 1 fully saturated rings.